The molecule has 0 bridgehead atoms. The molecule has 0 radical (unpaired) electrons. The molecule has 0 saturated heterocycles. The number of nitrogens with one attached hydrogen (secondary N) is 1. The Balaban J connectivity index is 1.63. The number of rotatable bonds is 7. The van der Waals surface area contributed by atoms with Crippen LogP contribution in [0, 0.1) is 5.82 Å². The number of alkyl halides is 3. The van der Waals surface area contributed by atoms with Gasteiger partial charge in [0.25, 0.3) is 0 Å². The van der Waals surface area contributed by atoms with Gasteiger partial charge in [0, 0.05) is 21.2 Å². The van der Waals surface area contributed by atoms with E-state index >= 15 is 0 Å². The number of benzene rings is 2. The Hall–Kier alpha value is -2.53. The van der Waals surface area contributed by atoms with E-state index in [9.17, 15) is 26.0 Å². The highest BCUT2D eigenvalue weighted by molar-refractivity contribution is 7.89. The van der Waals surface area contributed by atoms with E-state index in [1.807, 2.05) is 17.5 Å². The number of sulfonamides is 1. The molecule has 0 aliphatic rings. The van der Waals surface area contributed by atoms with E-state index in [0.29, 0.717) is 16.5 Å². The Morgan fingerprint density at radius 3 is 2.36 bits per heavy atom. The number of thiophene rings is 2. The topological polar surface area (TPSA) is 46.2 Å². The number of halogens is 4. The van der Waals surface area contributed by atoms with Crippen molar-refractivity contribution in [3.63, 3.8) is 0 Å². The molecule has 0 fully saturated rings. The van der Waals surface area contributed by atoms with Crippen molar-refractivity contribution in [2.45, 2.75) is 17.5 Å². The second-order valence-electron chi connectivity index (χ2n) is 7.16. The molecule has 1 N–H and O–H groups in total. The molecule has 4 rings (SSSR count). The summed E-state index contributed by atoms with van der Waals surface area (Å²) < 4.78 is 81.8. The number of hydrogen-bond donors (Lipinski definition) is 1. The van der Waals surface area contributed by atoms with Crippen LogP contribution in [0.3, 0.4) is 0 Å². The second kappa shape index (κ2) is 9.38. The zero-order valence-corrected chi connectivity index (χ0v) is 19.3. The van der Waals surface area contributed by atoms with Crippen LogP contribution in [0.1, 0.15) is 11.1 Å². The summed E-state index contributed by atoms with van der Waals surface area (Å²) in [5, 5.41) is 1.90. The smallest absolute Gasteiger partial charge is 0.211 e. The molecule has 10 heteroatoms. The third kappa shape index (κ3) is 5.70. The van der Waals surface area contributed by atoms with Crippen molar-refractivity contribution in [3.05, 3.63) is 89.1 Å². The van der Waals surface area contributed by atoms with Crippen molar-refractivity contribution < 1.29 is 26.0 Å². The van der Waals surface area contributed by atoms with Crippen LogP contribution in [0.4, 0.5) is 17.6 Å². The van der Waals surface area contributed by atoms with Crippen molar-refractivity contribution in [2.24, 2.45) is 0 Å². The highest BCUT2D eigenvalue weighted by Crippen LogP contribution is 2.39. The Bertz CT molecular complexity index is 1360. The Morgan fingerprint density at radius 1 is 0.879 bits per heavy atom. The Morgan fingerprint density at radius 2 is 1.67 bits per heavy atom. The van der Waals surface area contributed by atoms with E-state index in [4.69, 9.17) is 0 Å². The van der Waals surface area contributed by atoms with Gasteiger partial charge in [0.15, 0.2) is 0 Å². The van der Waals surface area contributed by atoms with Gasteiger partial charge in [-0.05, 0) is 71.5 Å². The molecule has 0 atom stereocenters. The van der Waals surface area contributed by atoms with Crippen molar-refractivity contribution in [2.75, 3.05) is 6.54 Å². The molecule has 4 aromatic rings. The van der Waals surface area contributed by atoms with E-state index in [1.165, 1.54) is 46.9 Å². The van der Waals surface area contributed by atoms with Gasteiger partial charge in [-0.15, -0.1) is 22.7 Å². The fraction of sp³-hybridized carbons (Fsp3) is 0.130. The van der Waals surface area contributed by atoms with Crippen molar-refractivity contribution in [1.82, 2.24) is 4.72 Å². The van der Waals surface area contributed by atoms with Gasteiger partial charge in [-0.25, -0.2) is 17.5 Å². The van der Waals surface area contributed by atoms with Crippen molar-refractivity contribution in [3.8, 4) is 20.2 Å². The summed E-state index contributed by atoms with van der Waals surface area (Å²) in [5.74, 6) is -0.448. The minimum Gasteiger partial charge on any atom is -0.211 e. The third-order valence-electron chi connectivity index (χ3n) is 4.79. The first-order chi connectivity index (χ1) is 15.6. The largest absolute Gasteiger partial charge is 0.416 e. The molecular formula is C23H17F4NO2S3. The standard InChI is InChI=1S/C23H17F4NO2S3/c24-18-4-1-3-15(11-18)8-9-28-33(29,30)19-13-16(12-17(14-19)23(25,26)27)20-6-7-22(32-20)21-5-2-10-31-21/h1-7,10-14,28H,8-9H2. The lowest BCUT2D eigenvalue weighted by molar-refractivity contribution is -0.137. The summed E-state index contributed by atoms with van der Waals surface area (Å²) in [6, 6.07) is 15.8. The average molecular weight is 512 g/mol. The van der Waals surface area contributed by atoms with Crippen molar-refractivity contribution in [1.29, 1.82) is 0 Å². The quantitative estimate of drug-likeness (QED) is 0.277. The normalized spacial score (nSPS) is 12.2. The zero-order chi connectivity index (χ0) is 23.6. The molecule has 0 aliphatic carbocycles. The van der Waals surface area contributed by atoms with Gasteiger partial charge < -0.3 is 0 Å². The van der Waals surface area contributed by atoms with Crippen LogP contribution in [0.5, 0.6) is 0 Å². The molecule has 172 valence electrons. The molecular weight excluding hydrogens is 494 g/mol. The van der Waals surface area contributed by atoms with Crippen LogP contribution in [0.25, 0.3) is 20.2 Å². The maximum Gasteiger partial charge on any atom is 0.416 e. The van der Waals surface area contributed by atoms with Gasteiger partial charge >= 0.3 is 6.18 Å². The summed E-state index contributed by atoms with van der Waals surface area (Å²) in [7, 11) is -4.23. The molecule has 0 saturated carbocycles. The summed E-state index contributed by atoms with van der Waals surface area (Å²) in [4.78, 5) is 1.92. The van der Waals surface area contributed by atoms with Gasteiger partial charge in [-0.2, -0.15) is 13.2 Å². The molecule has 2 aromatic heterocycles. The molecule has 0 aliphatic heterocycles. The Kier molecular flexibility index (Phi) is 6.71. The first-order valence-electron chi connectivity index (χ1n) is 9.72. The minimum absolute atomic E-state index is 0.0844. The van der Waals surface area contributed by atoms with E-state index < -0.39 is 32.5 Å². The van der Waals surface area contributed by atoms with Crippen LogP contribution in [0.15, 0.2) is 77.0 Å². The van der Waals surface area contributed by atoms with Gasteiger partial charge in [-0.1, -0.05) is 18.2 Å². The fourth-order valence-electron chi connectivity index (χ4n) is 3.21. The van der Waals surface area contributed by atoms with E-state index in [2.05, 4.69) is 4.72 Å². The van der Waals surface area contributed by atoms with Crippen LogP contribution in [-0.4, -0.2) is 15.0 Å². The van der Waals surface area contributed by atoms with Crippen molar-refractivity contribution >= 4 is 32.7 Å². The first-order valence-corrected chi connectivity index (χ1v) is 12.9. The maximum atomic E-state index is 13.5. The number of hydrogen-bond acceptors (Lipinski definition) is 4. The van der Waals surface area contributed by atoms with Gasteiger partial charge in [0.2, 0.25) is 10.0 Å². The molecule has 33 heavy (non-hydrogen) atoms. The summed E-state index contributed by atoms with van der Waals surface area (Å²) in [6.45, 7) is -0.0844. The van der Waals surface area contributed by atoms with E-state index in [1.54, 1.807) is 18.2 Å². The van der Waals surface area contributed by atoms with Gasteiger partial charge in [0.1, 0.15) is 5.82 Å². The summed E-state index contributed by atoms with van der Waals surface area (Å²) in [5.41, 5.74) is -0.304. The fourth-order valence-corrected chi connectivity index (χ4v) is 6.14. The van der Waals surface area contributed by atoms with Crippen LogP contribution >= 0.6 is 22.7 Å². The average Bonchev–Trinajstić information content (AvgIpc) is 3.45. The lowest BCUT2D eigenvalue weighted by Gasteiger charge is -2.13. The van der Waals surface area contributed by atoms with Crippen LogP contribution in [-0.2, 0) is 22.6 Å². The third-order valence-corrected chi connectivity index (χ3v) is 8.43. The van der Waals surface area contributed by atoms with E-state index in [0.717, 1.165) is 15.8 Å². The molecule has 0 spiro atoms. The van der Waals surface area contributed by atoms with Gasteiger partial charge in [-0.3, -0.25) is 0 Å². The molecule has 2 aromatic carbocycles. The highest BCUT2D eigenvalue weighted by atomic mass is 32.2. The molecule has 0 amide bonds. The highest BCUT2D eigenvalue weighted by Gasteiger charge is 2.33. The summed E-state index contributed by atoms with van der Waals surface area (Å²) >= 11 is 2.80. The van der Waals surface area contributed by atoms with E-state index in [-0.39, 0.29) is 18.5 Å². The lowest BCUT2D eigenvalue weighted by atomic mass is 10.1. The first kappa shape index (κ1) is 23.6. The van der Waals surface area contributed by atoms with Crippen LogP contribution in [0.2, 0.25) is 0 Å². The lowest BCUT2D eigenvalue weighted by Crippen LogP contribution is -2.26. The van der Waals surface area contributed by atoms with Crippen LogP contribution < -0.4 is 4.72 Å². The minimum atomic E-state index is -4.71. The maximum absolute atomic E-state index is 13.5. The molecule has 3 nitrogen and oxygen atoms in total. The Labute approximate surface area is 196 Å². The molecule has 2 heterocycles. The molecule has 0 unspecified atom stereocenters. The predicted molar refractivity (Wildman–Crippen MR) is 123 cm³/mol. The predicted octanol–water partition coefficient (Wildman–Crippen LogP) is 6.82. The van der Waals surface area contributed by atoms with Gasteiger partial charge in [0.05, 0.1) is 10.5 Å². The SMILES string of the molecule is O=S(=O)(NCCc1cccc(F)c1)c1cc(-c2ccc(-c3cccs3)s2)cc(C(F)(F)F)c1. The summed E-state index contributed by atoms with van der Waals surface area (Å²) in [6.07, 6.45) is -4.52. The zero-order valence-electron chi connectivity index (χ0n) is 16.9. The monoisotopic (exact) mass is 511 g/mol. The second-order valence-corrected chi connectivity index (χ2v) is 11.0.